The summed E-state index contributed by atoms with van der Waals surface area (Å²) in [5, 5.41) is 3.45. The minimum absolute atomic E-state index is 0.779. The van der Waals surface area contributed by atoms with Crippen LogP contribution in [0.25, 0.3) is 0 Å². The van der Waals surface area contributed by atoms with Gasteiger partial charge in [0.2, 0.25) is 0 Å². The molecule has 19 heavy (non-hydrogen) atoms. The van der Waals surface area contributed by atoms with Gasteiger partial charge in [0.15, 0.2) is 11.5 Å². The number of hydrogen-bond donors (Lipinski definition) is 2. The lowest BCUT2D eigenvalue weighted by Crippen LogP contribution is -2.18. The van der Waals surface area contributed by atoms with Crippen molar-refractivity contribution < 1.29 is 9.47 Å². The second-order valence-corrected chi connectivity index (χ2v) is 4.54. The predicted octanol–water partition coefficient (Wildman–Crippen LogP) is 1.96. The standard InChI is InChI=1S/C15H26N2O2/c1-18-14-7-6-13(12-15(14)19-2)8-11-17-10-5-3-4-9-16/h6-7,12,17H,3-5,8-11,16H2,1-2H3. The highest BCUT2D eigenvalue weighted by Gasteiger charge is 2.03. The molecule has 0 heterocycles. The molecule has 4 nitrogen and oxygen atoms in total. The molecule has 0 spiro atoms. The molecule has 0 aliphatic carbocycles. The Morgan fingerprint density at radius 1 is 1.00 bits per heavy atom. The summed E-state index contributed by atoms with van der Waals surface area (Å²) in [4.78, 5) is 0. The van der Waals surface area contributed by atoms with Crippen molar-refractivity contribution in [2.45, 2.75) is 25.7 Å². The number of hydrogen-bond acceptors (Lipinski definition) is 4. The van der Waals surface area contributed by atoms with E-state index >= 15 is 0 Å². The van der Waals surface area contributed by atoms with E-state index in [1.54, 1.807) is 14.2 Å². The number of methoxy groups -OCH3 is 2. The van der Waals surface area contributed by atoms with Crippen LogP contribution in [0.1, 0.15) is 24.8 Å². The lowest BCUT2D eigenvalue weighted by Gasteiger charge is -2.10. The smallest absolute Gasteiger partial charge is 0.160 e. The number of rotatable bonds is 10. The van der Waals surface area contributed by atoms with E-state index in [1.165, 1.54) is 18.4 Å². The van der Waals surface area contributed by atoms with E-state index in [0.717, 1.165) is 44.0 Å². The summed E-state index contributed by atoms with van der Waals surface area (Å²) in [5.74, 6) is 1.57. The normalized spacial score (nSPS) is 10.5. The Kier molecular flexibility index (Phi) is 8.02. The molecule has 0 saturated heterocycles. The van der Waals surface area contributed by atoms with Crippen molar-refractivity contribution in [2.75, 3.05) is 33.9 Å². The lowest BCUT2D eigenvalue weighted by molar-refractivity contribution is 0.354. The zero-order valence-electron chi connectivity index (χ0n) is 12.1. The minimum atomic E-state index is 0.779. The summed E-state index contributed by atoms with van der Waals surface area (Å²) >= 11 is 0. The van der Waals surface area contributed by atoms with Crippen LogP contribution in [0.4, 0.5) is 0 Å². The molecular weight excluding hydrogens is 240 g/mol. The molecule has 0 aromatic heterocycles. The third kappa shape index (κ3) is 5.94. The molecule has 0 aliphatic rings. The molecule has 3 N–H and O–H groups in total. The van der Waals surface area contributed by atoms with Crippen molar-refractivity contribution in [3.05, 3.63) is 23.8 Å². The van der Waals surface area contributed by atoms with Crippen molar-refractivity contribution in [2.24, 2.45) is 5.73 Å². The molecule has 0 atom stereocenters. The van der Waals surface area contributed by atoms with Crippen LogP contribution in [0.15, 0.2) is 18.2 Å². The molecule has 0 fully saturated rings. The Balaban J connectivity index is 2.26. The highest BCUT2D eigenvalue weighted by Crippen LogP contribution is 2.27. The average Bonchev–Trinajstić information content (AvgIpc) is 2.46. The third-order valence-corrected chi connectivity index (χ3v) is 3.10. The summed E-state index contributed by atoms with van der Waals surface area (Å²) in [6, 6.07) is 6.07. The Bertz CT molecular complexity index is 356. The van der Waals surface area contributed by atoms with Crippen molar-refractivity contribution in [3.8, 4) is 11.5 Å². The van der Waals surface area contributed by atoms with Gasteiger partial charge < -0.3 is 20.5 Å². The van der Waals surface area contributed by atoms with Crippen LogP contribution in [0.5, 0.6) is 11.5 Å². The predicted molar refractivity (Wildman–Crippen MR) is 79.0 cm³/mol. The van der Waals surface area contributed by atoms with Gasteiger partial charge in [-0.25, -0.2) is 0 Å². The molecule has 0 radical (unpaired) electrons. The van der Waals surface area contributed by atoms with Gasteiger partial charge >= 0.3 is 0 Å². The molecule has 1 aromatic rings. The molecule has 0 unspecified atom stereocenters. The summed E-state index contributed by atoms with van der Waals surface area (Å²) in [7, 11) is 3.32. The molecule has 108 valence electrons. The minimum Gasteiger partial charge on any atom is -0.493 e. The Morgan fingerprint density at radius 3 is 2.47 bits per heavy atom. The van der Waals surface area contributed by atoms with E-state index in [0.29, 0.717) is 0 Å². The van der Waals surface area contributed by atoms with Gasteiger partial charge in [-0.1, -0.05) is 12.5 Å². The fraction of sp³-hybridized carbons (Fsp3) is 0.600. The van der Waals surface area contributed by atoms with Crippen molar-refractivity contribution in [1.82, 2.24) is 5.32 Å². The van der Waals surface area contributed by atoms with E-state index < -0.39 is 0 Å². The van der Waals surface area contributed by atoms with E-state index in [9.17, 15) is 0 Å². The second-order valence-electron chi connectivity index (χ2n) is 4.54. The van der Waals surface area contributed by atoms with Crippen LogP contribution in [0.3, 0.4) is 0 Å². The molecule has 1 aromatic carbocycles. The first-order valence-corrected chi connectivity index (χ1v) is 6.93. The molecule has 1 rings (SSSR count). The number of nitrogens with two attached hydrogens (primary N) is 1. The summed E-state index contributed by atoms with van der Waals surface area (Å²) < 4.78 is 10.5. The Labute approximate surface area is 116 Å². The summed E-state index contributed by atoms with van der Waals surface area (Å²) in [5.41, 5.74) is 6.71. The fourth-order valence-corrected chi connectivity index (χ4v) is 1.96. The quantitative estimate of drug-likeness (QED) is 0.636. The molecule has 0 aliphatic heterocycles. The zero-order chi connectivity index (χ0) is 13.9. The van der Waals surface area contributed by atoms with Gasteiger partial charge in [-0.15, -0.1) is 0 Å². The van der Waals surface area contributed by atoms with Crippen LogP contribution in [-0.4, -0.2) is 33.9 Å². The maximum atomic E-state index is 5.45. The van der Waals surface area contributed by atoms with Gasteiger partial charge in [0.25, 0.3) is 0 Å². The van der Waals surface area contributed by atoms with Crippen molar-refractivity contribution in [1.29, 1.82) is 0 Å². The van der Waals surface area contributed by atoms with Gasteiger partial charge in [-0.3, -0.25) is 0 Å². The van der Waals surface area contributed by atoms with E-state index in [-0.39, 0.29) is 0 Å². The van der Waals surface area contributed by atoms with Crippen LogP contribution < -0.4 is 20.5 Å². The van der Waals surface area contributed by atoms with Gasteiger partial charge in [0, 0.05) is 0 Å². The fourth-order valence-electron chi connectivity index (χ4n) is 1.96. The van der Waals surface area contributed by atoms with E-state index in [2.05, 4.69) is 11.4 Å². The first-order valence-electron chi connectivity index (χ1n) is 6.93. The van der Waals surface area contributed by atoms with Crippen LogP contribution in [0, 0.1) is 0 Å². The first kappa shape index (κ1) is 15.8. The van der Waals surface area contributed by atoms with E-state index in [4.69, 9.17) is 15.2 Å². The van der Waals surface area contributed by atoms with Crippen LogP contribution in [-0.2, 0) is 6.42 Å². The maximum Gasteiger partial charge on any atom is 0.160 e. The van der Waals surface area contributed by atoms with Crippen LogP contribution in [0.2, 0.25) is 0 Å². The number of nitrogens with one attached hydrogen (secondary N) is 1. The van der Waals surface area contributed by atoms with Crippen molar-refractivity contribution >= 4 is 0 Å². The largest absolute Gasteiger partial charge is 0.493 e. The van der Waals surface area contributed by atoms with Gasteiger partial charge in [0.1, 0.15) is 0 Å². The van der Waals surface area contributed by atoms with Crippen LogP contribution >= 0.6 is 0 Å². The van der Waals surface area contributed by atoms with Gasteiger partial charge in [-0.05, 0) is 56.6 Å². The topological polar surface area (TPSA) is 56.5 Å². The maximum absolute atomic E-state index is 5.45. The highest BCUT2D eigenvalue weighted by molar-refractivity contribution is 5.42. The monoisotopic (exact) mass is 266 g/mol. The molecular formula is C15H26N2O2. The lowest BCUT2D eigenvalue weighted by atomic mass is 10.1. The Hall–Kier alpha value is -1.26. The second kappa shape index (κ2) is 9.64. The Morgan fingerprint density at radius 2 is 1.79 bits per heavy atom. The average molecular weight is 266 g/mol. The SMILES string of the molecule is COc1ccc(CCNCCCCCN)cc1OC. The first-order chi connectivity index (χ1) is 9.31. The molecule has 0 saturated carbocycles. The number of benzene rings is 1. The summed E-state index contributed by atoms with van der Waals surface area (Å²) in [6.07, 6.45) is 4.53. The van der Waals surface area contributed by atoms with Gasteiger partial charge in [0.05, 0.1) is 14.2 Å². The molecule has 4 heteroatoms. The van der Waals surface area contributed by atoms with E-state index in [1.807, 2.05) is 12.1 Å². The zero-order valence-corrected chi connectivity index (χ0v) is 12.1. The third-order valence-electron chi connectivity index (χ3n) is 3.10. The number of unbranched alkanes of at least 4 members (excludes halogenated alkanes) is 2. The van der Waals surface area contributed by atoms with Crippen molar-refractivity contribution in [3.63, 3.8) is 0 Å². The van der Waals surface area contributed by atoms with Gasteiger partial charge in [-0.2, -0.15) is 0 Å². The molecule has 0 bridgehead atoms. The number of ether oxygens (including phenoxy) is 2. The molecule has 0 amide bonds. The summed E-state index contributed by atoms with van der Waals surface area (Å²) in [6.45, 7) is 2.84. The highest BCUT2D eigenvalue weighted by atomic mass is 16.5.